The first-order chi connectivity index (χ1) is 18.7. The molecule has 1 saturated carbocycles. The molecule has 0 spiro atoms. The molecule has 1 atom stereocenters. The molecular weight excluding hydrogens is 777 g/mol. The van der Waals surface area contributed by atoms with Crippen LogP contribution in [0, 0.1) is 46.5 Å². The van der Waals surface area contributed by atoms with Crippen molar-refractivity contribution in [2.24, 2.45) is 0 Å². The van der Waals surface area contributed by atoms with Crippen LogP contribution in [0.1, 0.15) is 18.1 Å². The van der Waals surface area contributed by atoms with Crippen LogP contribution in [0.25, 0.3) is 5.83 Å². The van der Waals surface area contributed by atoms with Gasteiger partial charge in [0.25, 0.3) is 5.67 Å². The quantitative estimate of drug-likeness (QED) is 0.128. The van der Waals surface area contributed by atoms with Crippen molar-refractivity contribution in [2.45, 2.75) is 36.4 Å². The zero-order valence-corrected chi connectivity index (χ0v) is 22.0. The normalized spacial score (nSPS) is 21.9. The van der Waals surface area contributed by atoms with Crippen molar-refractivity contribution >= 4 is 37.7 Å². The number of benzene rings is 2. The van der Waals surface area contributed by atoms with Gasteiger partial charge in [-0.05, 0) is 31.9 Å². The summed E-state index contributed by atoms with van der Waals surface area (Å²) in [7, 11) is 0. The fourth-order valence-electron chi connectivity index (χ4n) is 2.72. The third kappa shape index (κ3) is 5.34. The zero-order valence-electron chi connectivity index (χ0n) is 18.8. The molecule has 2 aliphatic rings. The van der Waals surface area contributed by atoms with Crippen molar-refractivity contribution in [3.63, 3.8) is 0 Å². The molecule has 42 heavy (non-hydrogen) atoms. The number of rotatable bonds is 2. The molecule has 1 aliphatic carbocycles. The molecule has 1 aliphatic heterocycles. The number of ether oxygens (including phenoxy) is 1. The Morgan fingerprint density at radius 1 is 0.548 bits per heavy atom. The molecule has 0 bridgehead atoms. The maximum absolute atomic E-state index is 13.5. The van der Waals surface area contributed by atoms with E-state index in [1.165, 1.54) is 0 Å². The van der Waals surface area contributed by atoms with Gasteiger partial charge in [0.15, 0.2) is 46.5 Å². The summed E-state index contributed by atoms with van der Waals surface area (Å²) in [6.07, 6.45) is -6.61. The Morgan fingerprint density at radius 2 is 0.810 bits per heavy atom. The van der Waals surface area contributed by atoms with Crippen LogP contribution in [-0.2, 0) is 10.4 Å². The first-order valence-corrected chi connectivity index (χ1v) is 11.2. The molecule has 236 valence electrons. The minimum absolute atomic E-state index is 0.688. The van der Waals surface area contributed by atoms with E-state index < -0.39 is 108 Å². The summed E-state index contributed by atoms with van der Waals surface area (Å²) < 4.78 is 239. The molecule has 1 saturated heterocycles. The first kappa shape index (κ1) is 36.0. The van der Waals surface area contributed by atoms with Crippen molar-refractivity contribution in [2.75, 3.05) is 0 Å². The summed E-state index contributed by atoms with van der Waals surface area (Å²) in [5.74, 6) is -34.6. The fraction of sp³-hybridized carbons (Fsp3) is 0.300. The van der Waals surface area contributed by atoms with Crippen LogP contribution in [0.3, 0.4) is 0 Å². The second-order valence-electron chi connectivity index (χ2n) is 7.81. The Kier molecular flexibility index (Phi) is 9.46. The van der Waals surface area contributed by atoms with Gasteiger partial charge in [0, 0.05) is 6.92 Å². The van der Waals surface area contributed by atoms with Gasteiger partial charge < -0.3 is 0 Å². The van der Waals surface area contributed by atoms with Crippen LogP contribution in [-0.4, -0.2) is 23.8 Å². The van der Waals surface area contributed by atoms with E-state index in [4.69, 9.17) is 0 Å². The van der Waals surface area contributed by atoms with Gasteiger partial charge in [-0.2, -0.15) is 35.1 Å². The van der Waals surface area contributed by atoms with E-state index in [-0.39, 0.29) is 0 Å². The highest BCUT2D eigenvalue weighted by atomic mass is 79.9. The van der Waals surface area contributed by atoms with E-state index in [1.54, 1.807) is 0 Å². The Morgan fingerprint density at radius 3 is 1.02 bits per heavy atom. The largest absolute Gasteiger partial charge is 0.417 e. The molecule has 1 nitrogen and oxygen atoms in total. The Hall–Kier alpha value is -2.23. The van der Waals surface area contributed by atoms with Gasteiger partial charge in [-0.25, -0.2) is 48.3 Å². The third-order valence-corrected chi connectivity index (χ3v) is 6.54. The van der Waals surface area contributed by atoms with E-state index >= 15 is 0 Å². The molecular formula is C20H3Br2F19O. The Bertz CT molecular complexity index is 1380. The molecule has 0 amide bonds. The van der Waals surface area contributed by atoms with Gasteiger partial charge in [-0.3, -0.25) is 4.74 Å². The Balaban J connectivity index is 0.000000242. The highest BCUT2D eigenvalue weighted by Crippen LogP contribution is 2.74. The van der Waals surface area contributed by atoms with Crippen LogP contribution < -0.4 is 0 Å². The predicted molar refractivity (Wildman–Crippen MR) is 106 cm³/mol. The van der Waals surface area contributed by atoms with Crippen molar-refractivity contribution < 1.29 is 88.2 Å². The Labute approximate surface area is 235 Å². The molecule has 4 rings (SSSR count). The van der Waals surface area contributed by atoms with E-state index in [0.29, 0.717) is 6.92 Å². The SMILES string of the molecule is CC1(F)OC1(F)F.FC(F)=C(F)c1c(F)c(F)c(Br)c(F)c1F.Fc1c(F)c(C2(F)C(F)(F)C2(F)F)c(F)c(F)c1Br. The molecule has 1 heterocycles. The van der Waals surface area contributed by atoms with Crippen LogP contribution in [0.15, 0.2) is 15.0 Å². The number of epoxide rings is 1. The lowest BCUT2D eigenvalue weighted by molar-refractivity contribution is -0.0278. The van der Waals surface area contributed by atoms with Crippen LogP contribution in [0.2, 0.25) is 0 Å². The first-order valence-electron chi connectivity index (χ1n) is 9.63. The second-order valence-corrected chi connectivity index (χ2v) is 9.39. The monoisotopic (exact) mass is 778 g/mol. The highest BCUT2D eigenvalue weighted by molar-refractivity contribution is 9.10. The van der Waals surface area contributed by atoms with E-state index in [2.05, 4.69) is 20.7 Å². The summed E-state index contributed by atoms with van der Waals surface area (Å²) in [6, 6.07) is 0. The maximum Gasteiger partial charge on any atom is 0.417 e. The topological polar surface area (TPSA) is 12.5 Å². The lowest BCUT2D eigenvalue weighted by Crippen LogP contribution is -2.19. The third-order valence-electron chi connectivity index (χ3n) is 5.14. The van der Waals surface area contributed by atoms with Gasteiger partial charge >= 0.3 is 29.9 Å². The van der Waals surface area contributed by atoms with Crippen molar-refractivity contribution in [1.29, 1.82) is 0 Å². The van der Waals surface area contributed by atoms with Crippen molar-refractivity contribution in [3.8, 4) is 0 Å². The smallest absolute Gasteiger partial charge is 0.270 e. The van der Waals surface area contributed by atoms with Crippen LogP contribution in [0.5, 0.6) is 0 Å². The van der Waals surface area contributed by atoms with Gasteiger partial charge in [-0.1, -0.05) is 0 Å². The van der Waals surface area contributed by atoms with Crippen molar-refractivity contribution in [1.82, 2.24) is 0 Å². The van der Waals surface area contributed by atoms with Gasteiger partial charge in [-0.15, -0.1) is 0 Å². The molecule has 2 aromatic rings. The molecule has 2 aromatic carbocycles. The minimum Gasteiger partial charge on any atom is -0.270 e. The molecule has 0 aromatic heterocycles. The number of alkyl halides is 8. The minimum atomic E-state index is -5.46. The maximum atomic E-state index is 13.5. The number of hydrogen-bond donors (Lipinski definition) is 0. The fourth-order valence-corrected chi connectivity index (χ4v) is 3.41. The van der Waals surface area contributed by atoms with Gasteiger partial charge in [0.05, 0.1) is 20.1 Å². The average molecular weight is 780 g/mol. The summed E-state index contributed by atoms with van der Waals surface area (Å²) in [5.41, 5.74) is -9.87. The van der Waals surface area contributed by atoms with Crippen LogP contribution in [0.4, 0.5) is 83.4 Å². The molecule has 0 N–H and O–H groups in total. The lowest BCUT2D eigenvalue weighted by atomic mass is 10.1. The predicted octanol–water partition coefficient (Wildman–Crippen LogP) is 10.3. The van der Waals surface area contributed by atoms with E-state index in [9.17, 15) is 83.4 Å². The number of halogens is 21. The molecule has 0 radical (unpaired) electrons. The summed E-state index contributed by atoms with van der Waals surface area (Å²) in [5, 5.41) is 0. The summed E-state index contributed by atoms with van der Waals surface area (Å²) in [6.45, 7) is 0.688. The zero-order chi connectivity index (χ0) is 33.3. The van der Waals surface area contributed by atoms with Gasteiger partial charge in [0.2, 0.25) is 5.83 Å². The van der Waals surface area contributed by atoms with E-state index in [1.807, 2.05) is 15.9 Å². The van der Waals surface area contributed by atoms with Gasteiger partial charge in [0.1, 0.15) is 0 Å². The standard InChI is InChI=1S/C9BrF9.C8BrF7.C3H3F3O/c10-2-5(13)3(11)1(4(12)6(2)14)7(15)8(16,17)9(7,18)19;9-2-6(13)3(10)1(4(11)7(2)14)5(12)8(15)16;1-2(4)3(5,6)7-2/h;;1H3. The molecule has 2 fully saturated rings. The second kappa shape index (κ2) is 11.0. The average Bonchev–Trinajstić information content (AvgIpc) is 3.49. The van der Waals surface area contributed by atoms with E-state index in [0.717, 1.165) is 0 Å². The van der Waals surface area contributed by atoms with Crippen LogP contribution >= 0.6 is 31.9 Å². The summed E-state index contributed by atoms with van der Waals surface area (Å²) >= 11 is 4.18. The highest BCUT2D eigenvalue weighted by Gasteiger charge is 3.00. The summed E-state index contributed by atoms with van der Waals surface area (Å²) in [4.78, 5) is 0. The van der Waals surface area contributed by atoms with Crippen molar-refractivity contribution in [3.05, 3.63) is 72.7 Å². The number of hydrogen-bond acceptors (Lipinski definition) is 1. The molecule has 22 heteroatoms. The lowest BCUT2D eigenvalue weighted by Gasteiger charge is -2.11. The molecule has 1 unspecified atom stereocenters.